The van der Waals surface area contributed by atoms with E-state index >= 15 is 0 Å². The average Bonchev–Trinajstić information content (AvgIpc) is 3.03. The van der Waals surface area contributed by atoms with Crippen LogP contribution in [0.1, 0.15) is 38.7 Å². The predicted octanol–water partition coefficient (Wildman–Crippen LogP) is 5.52. The Morgan fingerprint density at radius 1 is 1.15 bits per heavy atom. The highest BCUT2D eigenvalue weighted by Gasteiger charge is 2.53. The molecule has 2 aromatic carbocycles. The lowest BCUT2D eigenvalue weighted by atomic mass is 9.84. The first-order valence-electron chi connectivity index (χ1n) is 11.0. The van der Waals surface area contributed by atoms with Gasteiger partial charge in [0.25, 0.3) is 0 Å². The standard InChI is InChI=1S/C24H26Cl2N2O4S/c1-24(2,3)21-12-33(31,32)20-9-13(15-5-4-14(25)10-18(15)26)8-16-17-11-27(23(29)30)7-6-19(17)28(21)22(16)20/h4-5,8-10,17,19,21H,6-7,11-12H2,1-3H3,(H,29,30)/t17-,19-,21?/m0/s1. The second-order valence-electron chi connectivity index (χ2n) is 10.3. The van der Waals surface area contributed by atoms with E-state index in [1.54, 1.807) is 24.3 Å². The van der Waals surface area contributed by atoms with E-state index in [4.69, 9.17) is 23.2 Å². The summed E-state index contributed by atoms with van der Waals surface area (Å²) >= 11 is 12.6. The Hall–Kier alpha value is -1.96. The zero-order valence-electron chi connectivity index (χ0n) is 18.7. The number of nitrogens with zero attached hydrogens (tertiary/aromatic N) is 2. The molecule has 2 aromatic rings. The van der Waals surface area contributed by atoms with Crippen LogP contribution in [-0.2, 0) is 9.84 Å². The summed E-state index contributed by atoms with van der Waals surface area (Å²) in [6.07, 6.45) is -0.283. The maximum Gasteiger partial charge on any atom is 0.407 e. The summed E-state index contributed by atoms with van der Waals surface area (Å²) in [5, 5.41) is 10.6. The van der Waals surface area contributed by atoms with Gasteiger partial charge in [0, 0.05) is 46.7 Å². The predicted molar refractivity (Wildman–Crippen MR) is 130 cm³/mol. The molecule has 1 unspecified atom stereocenters. The third kappa shape index (κ3) is 3.60. The van der Waals surface area contributed by atoms with Crippen molar-refractivity contribution in [2.24, 2.45) is 5.41 Å². The molecule has 0 bridgehead atoms. The van der Waals surface area contributed by atoms with E-state index in [9.17, 15) is 18.3 Å². The van der Waals surface area contributed by atoms with Gasteiger partial charge in [-0.25, -0.2) is 13.2 Å². The van der Waals surface area contributed by atoms with Crippen LogP contribution < -0.4 is 4.90 Å². The number of anilines is 1. The monoisotopic (exact) mass is 508 g/mol. The number of hydrogen-bond acceptors (Lipinski definition) is 4. The van der Waals surface area contributed by atoms with Crippen LogP contribution in [0.4, 0.5) is 10.5 Å². The van der Waals surface area contributed by atoms with Gasteiger partial charge in [-0.1, -0.05) is 50.0 Å². The van der Waals surface area contributed by atoms with Gasteiger partial charge in [-0.05, 0) is 47.2 Å². The molecule has 1 amide bonds. The number of fused-ring (bicyclic) bond motifs is 3. The molecule has 0 radical (unpaired) electrons. The van der Waals surface area contributed by atoms with Crippen LogP contribution >= 0.6 is 23.2 Å². The average molecular weight is 509 g/mol. The Kier molecular flexibility index (Phi) is 5.20. The molecule has 3 aliphatic rings. The Bertz CT molecular complexity index is 1270. The van der Waals surface area contributed by atoms with Crippen LogP contribution in [0.2, 0.25) is 10.0 Å². The summed E-state index contributed by atoms with van der Waals surface area (Å²) in [4.78, 5) is 15.8. The number of hydrogen-bond donors (Lipinski definition) is 1. The van der Waals surface area contributed by atoms with Gasteiger partial charge in [-0.3, -0.25) is 0 Å². The molecule has 0 spiro atoms. The quantitative estimate of drug-likeness (QED) is 0.548. The van der Waals surface area contributed by atoms with Crippen molar-refractivity contribution in [3.63, 3.8) is 0 Å². The number of amides is 1. The number of benzene rings is 2. The molecule has 3 atom stereocenters. The molecule has 0 aromatic heterocycles. The molecule has 3 heterocycles. The van der Waals surface area contributed by atoms with Crippen molar-refractivity contribution >= 4 is 44.8 Å². The van der Waals surface area contributed by atoms with Crippen LogP contribution in [0.25, 0.3) is 11.1 Å². The number of likely N-dealkylation sites (tertiary alicyclic amines) is 1. The van der Waals surface area contributed by atoms with E-state index in [0.717, 1.165) is 11.3 Å². The van der Waals surface area contributed by atoms with E-state index < -0.39 is 15.9 Å². The van der Waals surface area contributed by atoms with Crippen LogP contribution in [0.15, 0.2) is 35.2 Å². The third-order valence-electron chi connectivity index (χ3n) is 7.26. The lowest BCUT2D eigenvalue weighted by Gasteiger charge is -2.48. The van der Waals surface area contributed by atoms with Crippen molar-refractivity contribution in [2.45, 2.75) is 50.1 Å². The zero-order chi connectivity index (χ0) is 23.9. The summed E-state index contributed by atoms with van der Waals surface area (Å²) < 4.78 is 27.1. The van der Waals surface area contributed by atoms with Gasteiger partial charge in [-0.15, -0.1) is 0 Å². The molecule has 1 saturated heterocycles. The van der Waals surface area contributed by atoms with Gasteiger partial charge in [0.05, 0.1) is 16.3 Å². The van der Waals surface area contributed by atoms with Gasteiger partial charge >= 0.3 is 6.09 Å². The smallest absolute Gasteiger partial charge is 0.407 e. The summed E-state index contributed by atoms with van der Waals surface area (Å²) in [6.45, 7) is 6.99. The first-order chi connectivity index (χ1) is 15.4. The first kappa shape index (κ1) is 22.8. The number of sulfone groups is 1. The van der Waals surface area contributed by atoms with Gasteiger partial charge in [-0.2, -0.15) is 0 Å². The minimum atomic E-state index is -3.55. The van der Waals surface area contributed by atoms with Crippen LogP contribution in [0, 0.1) is 5.41 Å². The minimum absolute atomic E-state index is 0.0343. The summed E-state index contributed by atoms with van der Waals surface area (Å²) in [5.41, 5.74) is 2.78. The number of rotatable bonds is 1. The van der Waals surface area contributed by atoms with Crippen LogP contribution in [0.3, 0.4) is 0 Å². The molecule has 176 valence electrons. The summed E-state index contributed by atoms with van der Waals surface area (Å²) in [5.74, 6) is -0.0696. The highest BCUT2D eigenvalue weighted by Crippen LogP contribution is 2.54. The maximum absolute atomic E-state index is 13.6. The summed E-state index contributed by atoms with van der Waals surface area (Å²) in [7, 11) is -3.55. The van der Waals surface area contributed by atoms with Crippen LogP contribution in [0.5, 0.6) is 0 Å². The molecular formula is C24H26Cl2N2O4S. The second kappa shape index (κ2) is 7.52. The Morgan fingerprint density at radius 3 is 2.52 bits per heavy atom. The molecular weight excluding hydrogens is 483 g/mol. The highest BCUT2D eigenvalue weighted by atomic mass is 35.5. The molecule has 1 N–H and O–H groups in total. The van der Waals surface area contributed by atoms with Gasteiger partial charge < -0.3 is 14.9 Å². The maximum atomic E-state index is 13.6. The number of carbonyl (C=O) groups is 1. The fraction of sp³-hybridized carbons (Fsp3) is 0.458. The van der Waals surface area contributed by atoms with Crippen molar-refractivity contribution in [1.29, 1.82) is 0 Å². The lowest BCUT2D eigenvalue weighted by molar-refractivity contribution is 0.124. The van der Waals surface area contributed by atoms with Gasteiger partial charge in [0.15, 0.2) is 9.84 Å². The van der Waals surface area contributed by atoms with Gasteiger partial charge in [0.2, 0.25) is 0 Å². The molecule has 9 heteroatoms. The van der Waals surface area contributed by atoms with Crippen molar-refractivity contribution in [3.05, 3.63) is 45.9 Å². The summed E-state index contributed by atoms with van der Waals surface area (Å²) in [6, 6.07) is 8.76. The topological polar surface area (TPSA) is 77.9 Å². The number of carboxylic acid groups (broad SMARTS) is 1. The normalized spacial score (nSPS) is 25.5. The SMILES string of the molecule is CC(C)(C)C1CS(=O)(=O)c2cc(-c3ccc(Cl)cc3Cl)cc3c2N1[C@H]1CCN(C(=O)O)C[C@@H]31. The van der Waals surface area contributed by atoms with E-state index in [2.05, 4.69) is 25.7 Å². The van der Waals surface area contributed by atoms with Crippen molar-refractivity contribution in [3.8, 4) is 11.1 Å². The molecule has 1 fully saturated rings. The minimum Gasteiger partial charge on any atom is -0.465 e. The number of piperidine rings is 1. The molecule has 6 nitrogen and oxygen atoms in total. The van der Waals surface area contributed by atoms with Crippen molar-refractivity contribution in [2.75, 3.05) is 23.7 Å². The largest absolute Gasteiger partial charge is 0.465 e. The number of halogens is 2. The first-order valence-corrected chi connectivity index (χ1v) is 13.4. The van der Waals surface area contributed by atoms with E-state index in [1.165, 1.54) is 4.90 Å². The van der Waals surface area contributed by atoms with Crippen LogP contribution in [-0.4, -0.2) is 55.4 Å². The highest BCUT2D eigenvalue weighted by molar-refractivity contribution is 7.91. The Labute approximate surface area is 204 Å². The fourth-order valence-electron chi connectivity index (χ4n) is 5.65. The molecule has 3 aliphatic heterocycles. The third-order valence-corrected chi connectivity index (χ3v) is 9.54. The van der Waals surface area contributed by atoms with Gasteiger partial charge in [0.1, 0.15) is 0 Å². The lowest BCUT2D eigenvalue weighted by Crippen LogP contribution is -2.57. The molecule has 0 saturated carbocycles. The molecule has 33 heavy (non-hydrogen) atoms. The van der Waals surface area contributed by atoms with Crippen molar-refractivity contribution in [1.82, 2.24) is 4.90 Å². The molecule has 0 aliphatic carbocycles. The van der Waals surface area contributed by atoms with Crippen molar-refractivity contribution < 1.29 is 18.3 Å². The fourth-order valence-corrected chi connectivity index (χ4v) is 8.25. The van der Waals surface area contributed by atoms with E-state index in [-0.39, 0.29) is 29.2 Å². The van der Waals surface area contributed by atoms with E-state index in [1.807, 2.05) is 6.07 Å². The molecule has 5 rings (SSSR count). The zero-order valence-corrected chi connectivity index (χ0v) is 21.0. The van der Waals surface area contributed by atoms with E-state index in [0.29, 0.717) is 45.6 Å². The Morgan fingerprint density at radius 2 is 1.88 bits per heavy atom. The second-order valence-corrected chi connectivity index (χ2v) is 13.1. The Balaban J connectivity index is 1.76.